The minimum absolute atomic E-state index is 0.0408. The van der Waals surface area contributed by atoms with Gasteiger partial charge in [0.15, 0.2) is 0 Å². The fourth-order valence-corrected chi connectivity index (χ4v) is 5.05. The Kier molecular flexibility index (Phi) is 7.54. The number of pyridine rings is 1. The van der Waals surface area contributed by atoms with Gasteiger partial charge in [-0.2, -0.15) is 0 Å². The molecular formula is C26H32F2N4O3. The first kappa shape index (κ1) is 24.9. The molecule has 0 aliphatic carbocycles. The quantitative estimate of drug-likeness (QED) is 0.507. The summed E-state index contributed by atoms with van der Waals surface area (Å²) in [5.41, 5.74) is 3.15. The van der Waals surface area contributed by atoms with Gasteiger partial charge < -0.3 is 19.6 Å². The number of likely N-dealkylation sites (tertiary alicyclic amines) is 1. The van der Waals surface area contributed by atoms with Gasteiger partial charge >= 0.3 is 0 Å². The number of amides is 1. The molecule has 1 aliphatic rings. The Hall–Kier alpha value is -3.20. The van der Waals surface area contributed by atoms with Crippen molar-refractivity contribution < 1.29 is 18.3 Å². The third kappa shape index (κ3) is 5.40. The molecule has 0 atom stereocenters. The van der Waals surface area contributed by atoms with Crippen molar-refractivity contribution in [2.45, 2.75) is 46.2 Å². The number of halogens is 2. The highest BCUT2D eigenvalue weighted by molar-refractivity contribution is 6.08. The van der Waals surface area contributed by atoms with Crippen LogP contribution >= 0.6 is 0 Å². The zero-order chi connectivity index (χ0) is 25.1. The Morgan fingerprint density at radius 3 is 2.63 bits per heavy atom. The van der Waals surface area contributed by atoms with Gasteiger partial charge in [-0.25, -0.2) is 8.78 Å². The van der Waals surface area contributed by atoms with E-state index < -0.39 is 6.43 Å². The summed E-state index contributed by atoms with van der Waals surface area (Å²) in [7, 11) is 1.50. The molecular weight excluding hydrogens is 454 g/mol. The van der Waals surface area contributed by atoms with Crippen LogP contribution < -0.4 is 15.6 Å². The number of aryl methyl sites for hydroxylation is 1. The predicted molar refractivity (Wildman–Crippen MR) is 131 cm³/mol. The second-order valence-electron chi connectivity index (χ2n) is 9.23. The lowest BCUT2D eigenvalue weighted by Gasteiger charge is -2.32. The Bertz CT molecular complexity index is 1260. The first-order valence-electron chi connectivity index (χ1n) is 11.9. The van der Waals surface area contributed by atoms with E-state index in [1.165, 1.54) is 7.11 Å². The highest BCUT2D eigenvalue weighted by atomic mass is 19.3. The van der Waals surface area contributed by atoms with E-state index in [1.807, 2.05) is 36.1 Å². The standard InChI is InChI=1S/C26H32F2N4O3/c1-16-12-22(35-3)20(25(33)30-16)13-29-26(34)24-17(2)32(21-7-5-4-6-19(21)24)14-18-8-10-31(11-9-18)15-23(27)28/h4-7,12,18,23H,8-11,13-15H2,1-3H3,(H,29,34)(H,30,33). The number of alkyl halides is 2. The normalized spacial score (nSPS) is 15.1. The minimum Gasteiger partial charge on any atom is -0.496 e. The summed E-state index contributed by atoms with van der Waals surface area (Å²) < 4.78 is 32.9. The number of ether oxygens (including phenoxy) is 1. The molecule has 1 saturated heterocycles. The van der Waals surface area contributed by atoms with Gasteiger partial charge in [-0.15, -0.1) is 0 Å². The van der Waals surface area contributed by atoms with Gasteiger partial charge in [0.1, 0.15) is 5.75 Å². The molecule has 1 fully saturated rings. The first-order valence-corrected chi connectivity index (χ1v) is 11.9. The fourth-order valence-electron chi connectivity index (χ4n) is 5.05. The number of rotatable bonds is 8. The second kappa shape index (κ2) is 10.6. The number of fused-ring (bicyclic) bond motifs is 1. The number of H-pyrrole nitrogens is 1. The second-order valence-corrected chi connectivity index (χ2v) is 9.23. The average Bonchev–Trinajstić information content (AvgIpc) is 3.10. The van der Waals surface area contributed by atoms with Crippen LogP contribution in [0.4, 0.5) is 8.78 Å². The zero-order valence-electron chi connectivity index (χ0n) is 20.4. The fraction of sp³-hybridized carbons (Fsp3) is 0.462. The maximum absolute atomic E-state index is 13.3. The van der Waals surface area contributed by atoms with Crippen LogP contribution in [0.5, 0.6) is 5.75 Å². The topological polar surface area (TPSA) is 79.4 Å². The summed E-state index contributed by atoms with van der Waals surface area (Å²) >= 11 is 0. The number of aromatic nitrogens is 2. The molecule has 9 heteroatoms. The van der Waals surface area contributed by atoms with Gasteiger partial charge in [0.2, 0.25) is 0 Å². The summed E-state index contributed by atoms with van der Waals surface area (Å²) in [5.74, 6) is 0.528. The van der Waals surface area contributed by atoms with Gasteiger partial charge in [-0.05, 0) is 57.8 Å². The van der Waals surface area contributed by atoms with Crippen LogP contribution in [0, 0.1) is 19.8 Å². The Morgan fingerprint density at radius 2 is 1.94 bits per heavy atom. The van der Waals surface area contributed by atoms with Crippen LogP contribution in [-0.4, -0.2) is 53.5 Å². The molecule has 188 valence electrons. The monoisotopic (exact) mass is 486 g/mol. The number of aromatic amines is 1. The number of nitrogens with one attached hydrogen (secondary N) is 2. The number of carbonyl (C=O) groups excluding carboxylic acids is 1. The number of hydrogen-bond donors (Lipinski definition) is 2. The number of methoxy groups -OCH3 is 1. The van der Waals surface area contributed by atoms with Crippen LogP contribution in [0.2, 0.25) is 0 Å². The molecule has 35 heavy (non-hydrogen) atoms. The van der Waals surface area contributed by atoms with Crippen molar-refractivity contribution in [1.82, 2.24) is 19.8 Å². The third-order valence-electron chi connectivity index (χ3n) is 6.88. The van der Waals surface area contributed by atoms with Crippen molar-refractivity contribution in [3.05, 3.63) is 63.2 Å². The molecule has 0 bridgehead atoms. The van der Waals surface area contributed by atoms with Gasteiger partial charge in [-0.3, -0.25) is 14.5 Å². The molecule has 3 aromatic rings. The van der Waals surface area contributed by atoms with E-state index in [0.717, 1.165) is 36.0 Å². The molecule has 4 rings (SSSR count). The molecule has 1 aliphatic heterocycles. The SMILES string of the molecule is COc1cc(C)[nH]c(=O)c1CNC(=O)c1c(C)n(CC2CCN(CC(F)F)CC2)c2ccccc12. The summed E-state index contributed by atoms with van der Waals surface area (Å²) in [4.78, 5) is 30.3. The first-order chi connectivity index (χ1) is 16.8. The smallest absolute Gasteiger partial charge is 0.256 e. The summed E-state index contributed by atoms with van der Waals surface area (Å²) in [6.07, 6.45) is -0.620. The number of nitrogens with zero attached hydrogens (tertiary/aromatic N) is 2. The van der Waals surface area contributed by atoms with Crippen LogP contribution in [0.25, 0.3) is 10.9 Å². The van der Waals surface area contributed by atoms with Crippen LogP contribution in [0.3, 0.4) is 0 Å². The van der Waals surface area contributed by atoms with Crippen molar-refractivity contribution in [1.29, 1.82) is 0 Å². The lowest BCUT2D eigenvalue weighted by molar-refractivity contribution is 0.0672. The summed E-state index contributed by atoms with van der Waals surface area (Å²) in [6, 6.07) is 9.50. The van der Waals surface area contributed by atoms with E-state index in [4.69, 9.17) is 4.74 Å². The molecule has 1 aromatic carbocycles. The Labute approximate surface area is 203 Å². The molecule has 3 heterocycles. The molecule has 7 nitrogen and oxygen atoms in total. The molecule has 2 N–H and O–H groups in total. The van der Waals surface area contributed by atoms with Gasteiger partial charge in [0.25, 0.3) is 17.9 Å². The lowest BCUT2D eigenvalue weighted by atomic mass is 9.96. The molecule has 1 amide bonds. The maximum Gasteiger partial charge on any atom is 0.256 e. The minimum atomic E-state index is -2.31. The van der Waals surface area contributed by atoms with E-state index in [0.29, 0.717) is 41.6 Å². The number of hydrogen-bond acceptors (Lipinski definition) is 4. The molecule has 0 spiro atoms. The van der Waals surface area contributed by atoms with Crippen molar-refractivity contribution in [3.63, 3.8) is 0 Å². The van der Waals surface area contributed by atoms with Crippen molar-refractivity contribution >= 4 is 16.8 Å². The lowest BCUT2D eigenvalue weighted by Crippen LogP contribution is -2.37. The van der Waals surface area contributed by atoms with E-state index in [9.17, 15) is 18.4 Å². The largest absolute Gasteiger partial charge is 0.496 e. The maximum atomic E-state index is 13.3. The zero-order valence-corrected chi connectivity index (χ0v) is 20.4. The van der Waals surface area contributed by atoms with Crippen LogP contribution in [0.15, 0.2) is 35.1 Å². The highest BCUT2D eigenvalue weighted by Crippen LogP contribution is 2.29. The van der Waals surface area contributed by atoms with Crippen LogP contribution in [0.1, 0.15) is 40.2 Å². The van der Waals surface area contributed by atoms with Gasteiger partial charge in [0, 0.05) is 28.8 Å². The number of para-hydroxylation sites is 1. The summed E-state index contributed by atoms with van der Waals surface area (Å²) in [6.45, 7) is 5.62. The Balaban J connectivity index is 1.54. The number of piperidine rings is 1. The van der Waals surface area contributed by atoms with Crippen molar-refractivity contribution in [2.75, 3.05) is 26.7 Å². The van der Waals surface area contributed by atoms with Crippen molar-refractivity contribution in [3.8, 4) is 5.75 Å². The van der Waals surface area contributed by atoms with E-state index in [1.54, 1.807) is 13.0 Å². The molecule has 0 radical (unpaired) electrons. The average molecular weight is 487 g/mol. The number of carbonyl (C=O) groups is 1. The molecule has 0 unspecified atom stereocenters. The Morgan fingerprint density at radius 1 is 1.23 bits per heavy atom. The van der Waals surface area contributed by atoms with Crippen molar-refractivity contribution in [2.24, 2.45) is 5.92 Å². The molecule has 2 aromatic heterocycles. The van der Waals surface area contributed by atoms with Gasteiger partial charge in [0.05, 0.1) is 31.3 Å². The highest BCUT2D eigenvalue weighted by Gasteiger charge is 2.25. The number of benzene rings is 1. The van der Waals surface area contributed by atoms with E-state index in [2.05, 4.69) is 14.9 Å². The van der Waals surface area contributed by atoms with Crippen LogP contribution in [-0.2, 0) is 13.1 Å². The van der Waals surface area contributed by atoms with E-state index >= 15 is 0 Å². The summed E-state index contributed by atoms with van der Waals surface area (Å²) in [5, 5.41) is 3.74. The third-order valence-corrected chi connectivity index (χ3v) is 6.88. The predicted octanol–water partition coefficient (Wildman–Crippen LogP) is 3.86. The molecule has 0 saturated carbocycles. The van der Waals surface area contributed by atoms with Gasteiger partial charge in [-0.1, -0.05) is 18.2 Å². The van der Waals surface area contributed by atoms with E-state index in [-0.39, 0.29) is 24.6 Å².